The Labute approximate surface area is 132 Å². The number of rotatable bonds is 2. The number of piperidine rings is 1. The zero-order valence-corrected chi connectivity index (χ0v) is 12.7. The maximum absolute atomic E-state index is 5.82. The molecular formula is C18H19BN2O. The van der Waals surface area contributed by atoms with Gasteiger partial charge in [-0.25, -0.2) is 4.98 Å². The molecule has 0 aliphatic carbocycles. The molecule has 110 valence electrons. The van der Waals surface area contributed by atoms with Crippen LogP contribution in [0.4, 0.5) is 0 Å². The molecular weight excluding hydrogens is 271 g/mol. The van der Waals surface area contributed by atoms with Crippen molar-refractivity contribution < 1.29 is 4.74 Å². The number of hydrogen-bond acceptors (Lipinski definition) is 3. The molecule has 2 aliphatic rings. The van der Waals surface area contributed by atoms with Gasteiger partial charge in [-0.2, -0.15) is 0 Å². The lowest BCUT2D eigenvalue weighted by Crippen LogP contribution is -2.43. The van der Waals surface area contributed by atoms with Crippen molar-refractivity contribution in [1.82, 2.24) is 9.88 Å². The van der Waals surface area contributed by atoms with Gasteiger partial charge in [0.15, 0.2) is 0 Å². The van der Waals surface area contributed by atoms with E-state index in [4.69, 9.17) is 12.6 Å². The lowest BCUT2D eigenvalue weighted by Gasteiger charge is -2.38. The minimum atomic E-state index is 0.142. The fourth-order valence-electron chi connectivity index (χ4n) is 3.65. The number of benzene rings is 1. The smallest absolute Gasteiger partial charge is 0.216 e. The van der Waals surface area contributed by atoms with E-state index in [1.54, 1.807) is 0 Å². The Kier molecular flexibility index (Phi) is 3.42. The number of likely N-dealkylation sites (tertiary alicyclic amines) is 1. The maximum atomic E-state index is 5.82. The van der Waals surface area contributed by atoms with E-state index in [1.807, 2.05) is 6.07 Å². The summed E-state index contributed by atoms with van der Waals surface area (Å²) in [4.78, 5) is 6.86. The van der Waals surface area contributed by atoms with Crippen LogP contribution in [0.15, 0.2) is 42.5 Å². The van der Waals surface area contributed by atoms with E-state index in [1.165, 1.54) is 11.1 Å². The summed E-state index contributed by atoms with van der Waals surface area (Å²) in [6.45, 7) is 3.98. The lowest BCUT2D eigenvalue weighted by molar-refractivity contribution is 0.130. The van der Waals surface area contributed by atoms with Crippen LogP contribution in [0, 0.1) is 0 Å². The highest BCUT2D eigenvalue weighted by molar-refractivity contribution is 6.30. The van der Waals surface area contributed by atoms with E-state index in [0.717, 1.165) is 45.0 Å². The molecule has 1 saturated heterocycles. The summed E-state index contributed by atoms with van der Waals surface area (Å²) >= 11 is 0. The molecule has 4 heteroatoms. The van der Waals surface area contributed by atoms with Gasteiger partial charge in [-0.1, -0.05) is 42.5 Å². The second kappa shape index (κ2) is 5.43. The van der Waals surface area contributed by atoms with Gasteiger partial charge in [0.1, 0.15) is 7.85 Å². The molecule has 22 heavy (non-hydrogen) atoms. The SMILES string of the molecule is [B]c1ccc2c(n1)OCC21CCN(Cc2ccccc2)CC1. The molecule has 0 atom stereocenters. The summed E-state index contributed by atoms with van der Waals surface area (Å²) in [5.41, 5.74) is 3.32. The third kappa shape index (κ3) is 2.42. The summed E-state index contributed by atoms with van der Waals surface area (Å²) < 4.78 is 5.82. The van der Waals surface area contributed by atoms with Crippen LogP contribution >= 0.6 is 0 Å². The van der Waals surface area contributed by atoms with Gasteiger partial charge in [-0.05, 0) is 37.1 Å². The molecule has 1 aromatic heterocycles. The van der Waals surface area contributed by atoms with E-state index in [-0.39, 0.29) is 5.41 Å². The van der Waals surface area contributed by atoms with Crippen molar-refractivity contribution in [2.75, 3.05) is 19.7 Å². The molecule has 0 N–H and O–H groups in total. The maximum Gasteiger partial charge on any atom is 0.216 e. The van der Waals surface area contributed by atoms with E-state index in [0.29, 0.717) is 5.59 Å². The molecule has 0 amide bonds. The Morgan fingerprint density at radius 1 is 1.09 bits per heavy atom. The summed E-state index contributed by atoms with van der Waals surface area (Å²) in [5.74, 6) is 0.747. The number of ether oxygens (including phenoxy) is 1. The van der Waals surface area contributed by atoms with Crippen molar-refractivity contribution in [3.63, 3.8) is 0 Å². The Bertz CT molecular complexity index is 666. The standard InChI is InChI=1S/C18H19BN2O/c19-16-7-6-15-17(20-16)22-13-18(15)8-10-21(11-9-18)12-14-4-2-1-3-5-14/h1-7H,8-13H2. The molecule has 0 saturated carbocycles. The highest BCUT2D eigenvalue weighted by atomic mass is 16.5. The van der Waals surface area contributed by atoms with Gasteiger partial charge in [0.25, 0.3) is 0 Å². The molecule has 1 spiro atoms. The van der Waals surface area contributed by atoms with Crippen LogP contribution in [0.3, 0.4) is 0 Å². The first-order chi connectivity index (χ1) is 10.8. The van der Waals surface area contributed by atoms with Gasteiger partial charge in [0.2, 0.25) is 5.88 Å². The van der Waals surface area contributed by atoms with Crippen molar-refractivity contribution in [3.8, 4) is 5.88 Å². The van der Waals surface area contributed by atoms with Crippen LogP contribution in [-0.2, 0) is 12.0 Å². The van der Waals surface area contributed by atoms with Crippen molar-refractivity contribution in [2.45, 2.75) is 24.8 Å². The number of nitrogens with zero attached hydrogens (tertiary/aromatic N) is 2. The highest BCUT2D eigenvalue weighted by Crippen LogP contribution is 2.44. The third-order valence-electron chi connectivity index (χ3n) is 5.00. The fourth-order valence-corrected chi connectivity index (χ4v) is 3.65. The van der Waals surface area contributed by atoms with Gasteiger partial charge in [0.05, 0.1) is 6.61 Å². The second-order valence-electron chi connectivity index (χ2n) is 6.42. The van der Waals surface area contributed by atoms with Crippen LogP contribution in [0.5, 0.6) is 5.88 Å². The van der Waals surface area contributed by atoms with Crippen LogP contribution < -0.4 is 10.3 Å². The summed E-state index contributed by atoms with van der Waals surface area (Å²) in [6.07, 6.45) is 2.25. The Hall–Kier alpha value is -1.81. The molecule has 0 unspecified atom stereocenters. The van der Waals surface area contributed by atoms with Gasteiger partial charge in [0, 0.05) is 17.5 Å². The number of pyridine rings is 1. The molecule has 3 nitrogen and oxygen atoms in total. The van der Waals surface area contributed by atoms with Crippen LogP contribution in [-0.4, -0.2) is 37.4 Å². The van der Waals surface area contributed by atoms with Crippen LogP contribution in [0.1, 0.15) is 24.0 Å². The zero-order chi connectivity index (χ0) is 15.0. The Balaban J connectivity index is 1.47. The van der Waals surface area contributed by atoms with Gasteiger partial charge < -0.3 is 4.74 Å². The molecule has 4 rings (SSSR count). The van der Waals surface area contributed by atoms with Gasteiger partial charge in [-0.3, -0.25) is 4.90 Å². The van der Waals surface area contributed by atoms with Crippen molar-refractivity contribution in [3.05, 3.63) is 53.6 Å². The largest absolute Gasteiger partial charge is 0.477 e. The van der Waals surface area contributed by atoms with E-state index >= 15 is 0 Å². The molecule has 2 aliphatic heterocycles. The third-order valence-corrected chi connectivity index (χ3v) is 5.00. The molecule has 2 aromatic rings. The highest BCUT2D eigenvalue weighted by Gasteiger charge is 2.43. The molecule has 3 heterocycles. The minimum absolute atomic E-state index is 0.142. The van der Waals surface area contributed by atoms with E-state index in [2.05, 4.69) is 46.3 Å². The molecule has 1 aromatic carbocycles. The van der Waals surface area contributed by atoms with Gasteiger partial charge >= 0.3 is 0 Å². The fraction of sp³-hybridized carbons (Fsp3) is 0.389. The van der Waals surface area contributed by atoms with Gasteiger partial charge in [-0.15, -0.1) is 0 Å². The van der Waals surface area contributed by atoms with Crippen molar-refractivity contribution in [2.24, 2.45) is 0 Å². The number of hydrogen-bond donors (Lipinski definition) is 0. The molecule has 1 fully saturated rings. The second-order valence-corrected chi connectivity index (χ2v) is 6.42. The first-order valence-electron chi connectivity index (χ1n) is 7.91. The van der Waals surface area contributed by atoms with Crippen molar-refractivity contribution >= 4 is 13.4 Å². The van der Waals surface area contributed by atoms with Crippen LogP contribution in [0.25, 0.3) is 0 Å². The van der Waals surface area contributed by atoms with Crippen LogP contribution in [0.2, 0.25) is 0 Å². The van der Waals surface area contributed by atoms with Crippen molar-refractivity contribution in [1.29, 1.82) is 0 Å². The quantitative estimate of drug-likeness (QED) is 0.789. The first-order valence-corrected chi connectivity index (χ1v) is 7.91. The number of fused-ring (bicyclic) bond motifs is 2. The molecule has 0 bridgehead atoms. The minimum Gasteiger partial charge on any atom is -0.477 e. The summed E-state index contributed by atoms with van der Waals surface area (Å²) in [5, 5.41) is 0. The number of aromatic nitrogens is 1. The van der Waals surface area contributed by atoms with E-state index in [9.17, 15) is 0 Å². The Morgan fingerprint density at radius 3 is 2.64 bits per heavy atom. The lowest BCUT2D eigenvalue weighted by atomic mass is 9.74. The zero-order valence-electron chi connectivity index (χ0n) is 12.7. The predicted molar refractivity (Wildman–Crippen MR) is 87.8 cm³/mol. The summed E-state index contributed by atoms with van der Waals surface area (Å²) in [6, 6.07) is 14.7. The normalized spacial score (nSPS) is 19.8. The van der Waals surface area contributed by atoms with E-state index < -0.39 is 0 Å². The average molecular weight is 290 g/mol. The average Bonchev–Trinajstić information content (AvgIpc) is 2.89. The Morgan fingerprint density at radius 2 is 1.86 bits per heavy atom. The topological polar surface area (TPSA) is 25.4 Å². The summed E-state index contributed by atoms with van der Waals surface area (Å²) in [7, 11) is 5.76. The predicted octanol–water partition coefficient (Wildman–Crippen LogP) is 1.80. The molecule has 2 radical (unpaired) electrons. The first kappa shape index (κ1) is 13.8. The monoisotopic (exact) mass is 290 g/mol.